The van der Waals surface area contributed by atoms with E-state index in [0.717, 1.165) is 12.1 Å². The molecule has 106 valence electrons. The molecule has 8 heteroatoms. The van der Waals surface area contributed by atoms with Crippen LogP contribution >= 0.6 is 0 Å². The topological polar surface area (TPSA) is 94.0 Å². The molecule has 20 heavy (non-hydrogen) atoms. The van der Waals surface area contributed by atoms with Gasteiger partial charge in [-0.2, -0.15) is 5.10 Å². The zero-order chi connectivity index (χ0) is 14.8. The van der Waals surface area contributed by atoms with Crippen molar-refractivity contribution in [3.8, 4) is 0 Å². The third-order valence-corrected chi connectivity index (χ3v) is 2.79. The predicted octanol–water partition coefficient (Wildman–Crippen LogP) is 0.319. The molecule has 2 rings (SSSR count). The lowest BCUT2D eigenvalue weighted by Crippen LogP contribution is -2.37. The molecule has 0 saturated carbocycles. The molecule has 0 saturated heterocycles. The highest BCUT2D eigenvalue weighted by Gasteiger charge is 2.35. The molecule has 0 radical (unpaired) electrons. The second-order valence-electron chi connectivity index (χ2n) is 4.39. The zero-order valence-corrected chi connectivity index (χ0v) is 10.3. The van der Waals surface area contributed by atoms with Crippen LogP contribution in [0.15, 0.2) is 30.9 Å². The van der Waals surface area contributed by atoms with Crippen LogP contribution in [0.5, 0.6) is 0 Å². The molecule has 0 aliphatic rings. The molecule has 1 amide bonds. The van der Waals surface area contributed by atoms with E-state index < -0.39 is 29.6 Å². The van der Waals surface area contributed by atoms with E-state index in [-0.39, 0.29) is 12.1 Å². The van der Waals surface area contributed by atoms with Gasteiger partial charge in [0.15, 0.2) is 0 Å². The summed E-state index contributed by atoms with van der Waals surface area (Å²) in [5.41, 5.74) is 2.92. The second-order valence-corrected chi connectivity index (χ2v) is 4.39. The van der Waals surface area contributed by atoms with Gasteiger partial charge in [-0.1, -0.05) is 6.07 Å². The molecule has 3 N–H and O–H groups in total. The fraction of sp³-hybridized carbons (Fsp3) is 0.250. The largest absolute Gasteiger partial charge is 0.383 e. The second kappa shape index (κ2) is 5.33. The minimum atomic E-state index is -1.93. The van der Waals surface area contributed by atoms with Gasteiger partial charge in [0.25, 0.3) is 0 Å². The fourth-order valence-corrected chi connectivity index (χ4v) is 1.97. The third-order valence-electron chi connectivity index (χ3n) is 2.79. The molecule has 0 fully saturated rings. The number of carbonyl (C=O) groups is 1. The molecular formula is C12H12F2N4O2. The molecule has 0 bridgehead atoms. The molecule has 0 unspecified atom stereocenters. The molecule has 1 aromatic heterocycles. The maximum absolute atomic E-state index is 13.8. The lowest BCUT2D eigenvalue weighted by Gasteiger charge is -2.27. The normalized spacial score (nSPS) is 13.9. The van der Waals surface area contributed by atoms with Crippen molar-refractivity contribution in [3.63, 3.8) is 0 Å². The van der Waals surface area contributed by atoms with Gasteiger partial charge < -0.3 is 10.8 Å². The van der Waals surface area contributed by atoms with E-state index in [1.54, 1.807) is 0 Å². The Bertz CT molecular complexity index is 618. The van der Waals surface area contributed by atoms with Crippen LogP contribution in [-0.4, -0.2) is 25.8 Å². The van der Waals surface area contributed by atoms with Crippen LogP contribution in [0.3, 0.4) is 0 Å². The Morgan fingerprint density at radius 2 is 2.20 bits per heavy atom. The standard InChI is InChI=1S/C12H12F2N4O2/c13-8-1-2-9(10(14)3-8)12(20,4-11(15)19)5-18-7-16-6-17-18/h1-3,6-7,20H,4-5H2,(H2,15,19)/t12-/m0/s1. The molecule has 1 aromatic carbocycles. The van der Waals surface area contributed by atoms with E-state index in [1.807, 2.05) is 0 Å². The average molecular weight is 282 g/mol. The monoisotopic (exact) mass is 282 g/mol. The first-order valence-electron chi connectivity index (χ1n) is 5.69. The van der Waals surface area contributed by atoms with E-state index >= 15 is 0 Å². The van der Waals surface area contributed by atoms with E-state index in [4.69, 9.17) is 5.73 Å². The third kappa shape index (κ3) is 2.97. The first-order valence-corrected chi connectivity index (χ1v) is 5.69. The summed E-state index contributed by atoms with van der Waals surface area (Å²) in [4.78, 5) is 14.8. The number of benzene rings is 1. The Kier molecular flexibility index (Phi) is 3.75. The number of aromatic nitrogens is 3. The van der Waals surface area contributed by atoms with Crippen molar-refractivity contribution in [2.75, 3.05) is 0 Å². The van der Waals surface area contributed by atoms with Gasteiger partial charge in [-0.15, -0.1) is 0 Å². The number of rotatable bonds is 5. The van der Waals surface area contributed by atoms with Crippen molar-refractivity contribution in [1.29, 1.82) is 0 Å². The lowest BCUT2D eigenvalue weighted by atomic mass is 9.89. The number of halogens is 2. The Hall–Kier alpha value is -2.35. The number of carbonyl (C=O) groups excluding carboxylic acids is 1. The molecule has 1 heterocycles. The minimum Gasteiger partial charge on any atom is -0.383 e. The highest BCUT2D eigenvalue weighted by molar-refractivity contribution is 5.75. The first-order chi connectivity index (χ1) is 9.40. The number of hydrogen-bond acceptors (Lipinski definition) is 4. The van der Waals surface area contributed by atoms with Gasteiger partial charge >= 0.3 is 0 Å². The van der Waals surface area contributed by atoms with Crippen LogP contribution in [-0.2, 0) is 16.9 Å². The van der Waals surface area contributed by atoms with Gasteiger partial charge in [0.05, 0.1) is 13.0 Å². The summed E-state index contributed by atoms with van der Waals surface area (Å²) in [6, 6.07) is 2.69. The molecule has 1 atom stereocenters. The smallest absolute Gasteiger partial charge is 0.220 e. The highest BCUT2D eigenvalue weighted by Crippen LogP contribution is 2.29. The molecule has 0 aliphatic carbocycles. The Morgan fingerprint density at radius 1 is 1.45 bits per heavy atom. The van der Waals surface area contributed by atoms with Crippen LogP contribution in [0.4, 0.5) is 8.78 Å². The summed E-state index contributed by atoms with van der Waals surface area (Å²) in [6.07, 6.45) is 1.99. The van der Waals surface area contributed by atoms with Crippen LogP contribution in [0.1, 0.15) is 12.0 Å². The van der Waals surface area contributed by atoms with Crippen LogP contribution < -0.4 is 5.73 Å². The number of primary amides is 1. The van der Waals surface area contributed by atoms with Crippen molar-refractivity contribution in [1.82, 2.24) is 14.8 Å². The molecule has 6 nitrogen and oxygen atoms in total. The summed E-state index contributed by atoms with van der Waals surface area (Å²) in [6.45, 7) is -0.238. The van der Waals surface area contributed by atoms with Crippen LogP contribution in [0, 0.1) is 11.6 Å². The maximum atomic E-state index is 13.8. The zero-order valence-electron chi connectivity index (χ0n) is 10.3. The van der Waals surface area contributed by atoms with Crippen molar-refractivity contribution < 1.29 is 18.7 Å². The number of nitrogens with two attached hydrogens (primary N) is 1. The first kappa shape index (κ1) is 14.1. The van der Waals surface area contributed by atoms with Gasteiger partial charge in [0.2, 0.25) is 5.91 Å². The van der Waals surface area contributed by atoms with E-state index in [2.05, 4.69) is 10.1 Å². The van der Waals surface area contributed by atoms with Crippen LogP contribution in [0.25, 0.3) is 0 Å². The average Bonchev–Trinajstić information content (AvgIpc) is 2.79. The summed E-state index contributed by atoms with van der Waals surface area (Å²) in [5.74, 6) is -2.57. The molecule has 2 aromatic rings. The summed E-state index contributed by atoms with van der Waals surface area (Å²) in [7, 11) is 0. The fourth-order valence-electron chi connectivity index (χ4n) is 1.97. The van der Waals surface area contributed by atoms with Crippen molar-refractivity contribution >= 4 is 5.91 Å². The number of aliphatic hydroxyl groups is 1. The number of hydrogen-bond donors (Lipinski definition) is 2. The lowest BCUT2D eigenvalue weighted by molar-refractivity contribution is -0.124. The molecular weight excluding hydrogens is 270 g/mol. The van der Waals surface area contributed by atoms with Gasteiger partial charge in [0, 0.05) is 11.6 Å². The highest BCUT2D eigenvalue weighted by atomic mass is 19.1. The summed E-state index contributed by atoms with van der Waals surface area (Å²) >= 11 is 0. The number of nitrogens with zero attached hydrogens (tertiary/aromatic N) is 3. The van der Waals surface area contributed by atoms with Gasteiger partial charge in [0.1, 0.15) is 29.9 Å². The SMILES string of the molecule is NC(=O)C[C@](O)(Cn1cncn1)c1ccc(F)cc1F. The quantitative estimate of drug-likeness (QED) is 0.825. The minimum absolute atomic E-state index is 0.229. The van der Waals surface area contributed by atoms with Gasteiger partial charge in [-0.25, -0.2) is 18.4 Å². The molecule has 0 aliphatic heterocycles. The van der Waals surface area contributed by atoms with Gasteiger partial charge in [-0.3, -0.25) is 4.79 Å². The Labute approximate surface area is 112 Å². The number of amides is 1. The van der Waals surface area contributed by atoms with Crippen molar-refractivity contribution in [2.45, 2.75) is 18.6 Å². The maximum Gasteiger partial charge on any atom is 0.220 e. The van der Waals surface area contributed by atoms with Crippen LogP contribution in [0.2, 0.25) is 0 Å². The Morgan fingerprint density at radius 3 is 2.75 bits per heavy atom. The van der Waals surface area contributed by atoms with Crippen molar-refractivity contribution in [2.24, 2.45) is 5.73 Å². The van der Waals surface area contributed by atoms with E-state index in [1.165, 1.54) is 17.3 Å². The van der Waals surface area contributed by atoms with E-state index in [9.17, 15) is 18.7 Å². The summed E-state index contributed by atoms with van der Waals surface area (Å²) in [5, 5.41) is 14.3. The summed E-state index contributed by atoms with van der Waals surface area (Å²) < 4.78 is 28.0. The Balaban J connectivity index is 2.42. The van der Waals surface area contributed by atoms with Gasteiger partial charge in [-0.05, 0) is 6.07 Å². The van der Waals surface area contributed by atoms with Crippen molar-refractivity contribution in [3.05, 3.63) is 48.1 Å². The molecule has 0 spiro atoms. The predicted molar refractivity (Wildman–Crippen MR) is 64.1 cm³/mol. The van der Waals surface area contributed by atoms with E-state index in [0.29, 0.717) is 6.07 Å².